The highest BCUT2D eigenvalue weighted by molar-refractivity contribution is 5.78. The van der Waals surface area contributed by atoms with Gasteiger partial charge in [0.25, 0.3) is 0 Å². The monoisotopic (exact) mass is 216 g/mol. The molecule has 2 atom stereocenters. The Kier molecular flexibility index (Phi) is 4.58. The van der Waals surface area contributed by atoms with Gasteiger partial charge in [-0.2, -0.15) is 0 Å². The highest BCUT2D eigenvalue weighted by Gasteiger charge is 2.22. The molecule has 5 heteroatoms. The molecule has 88 valence electrons. The summed E-state index contributed by atoms with van der Waals surface area (Å²) in [4.78, 5) is 22.1. The maximum absolute atomic E-state index is 11.3. The molecule has 0 aromatic heterocycles. The van der Waals surface area contributed by atoms with Crippen LogP contribution in [0.3, 0.4) is 0 Å². The van der Waals surface area contributed by atoms with Crippen LogP contribution in [0.15, 0.2) is 0 Å². The summed E-state index contributed by atoms with van der Waals surface area (Å²) < 4.78 is 5.04. The van der Waals surface area contributed by atoms with Crippen molar-refractivity contribution in [1.29, 1.82) is 0 Å². The highest BCUT2D eigenvalue weighted by atomic mass is 16.6. The van der Waals surface area contributed by atoms with E-state index in [4.69, 9.17) is 10.5 Å². The van der Waals surface area contributed by atoms with Crippen molar-refractivity contribution >= 4 is 12.0 Å². The highest BCUT2D eigenvalue weighted by Crippen LogP contribution is 2.08. The van der Waals surface area contributed by atoms with Crippen LogP contribution in [0.25, 0.3) is 0 Å². The third-order valence-corrected chi connectivity index (χ3v) is 1.94. The van der Waals surface area contributed by atoms with Gasteiger partial charge < -0.3 is 15.8 Å². The molecule has 0 heterocycles. The topological polar surface area (TPSA) is 81.4 Å². The Bertz CT molecular complexity index is 246. The van der Waals surface area contributed by atoms with Crippen molar-refractivity contribution in [2.45, 2.75) is 46.3 Å². The van der Waals surface area contributed by atoms with E-state index in [0.717, 1.165) is 0 Å². The zero-order chi connectivity index (χ0) is 12.2. The summed E-state index contributed by atoms with van der Waals surface area (Å²) in [6.45, 7) is 8.68. The van der Waals surface area contributed by atoms with Gasteiger partial charge in [0.2, 0.25) is 5.91 Å². The van der Waals surface area contributed by atoms with Gasteiger partial charge in [-0.05, 0) is 27.7 Å². The standard InChI is InChI=1S/C10H20N2O3/c1-6(8(11)13)7(2)12-9(14)15-10(3,4)5/h6-7H,1-5H3,(H2,11,13)(H,12,14)/t6-,7-/m0/s1. The van der Waals surface area contributed by atoms with Gasteiger partial charge in [-0.15, -0.1) is 0 Å². The molecule has 0 rings (SSSR count). The summed E-state index contributed by atoms with van der Waals surface area (Å²) in [5.41, 5.74) is 4.57. The number of hydrogen-bond acceptors (Lipinski definition) is 3. The molecular weight excluding hydrogens is 196 g/mol. The molecule has 0 unspecified atom stereocenters. The number of primary amides is 1. The van der Waals surface area contributed by atoms with Crippen molar-refractivity contribution in [3.8, 4) is 0 Å². The predicted molar refractivity (Wildman–Crippen MR) is 57.2 cm³/mol. The molecule has 2 amide bonds. The second-order valence-corrected chi connectivity index (χ2v) is 4.63. The Labute approximate surface area is 90.4 Å². The van der Waals surface area contributed by atoms with E-state index >= 15 is 0 Å². The predicted octanol–water partition coefficient (Wildman–Crippen LogP) is 1.02. The van der Waals surface area contributed by atoms with Crippen LogP contribution >= 0.6 is 0 Å². The van der Waals surface area contributed by atoms with Crippen LogP contribution < -0.4 is 11.1 Å². The van der Waals surface area contributed by atoms with Gasteiger partial charge in [-0.1, -0.05) is 6.92 Å². The summed E-state index contributed by atoms with van der Waals surface area (Å²) in [6.07, 6.45) is -0.539. The molecule has 0 radical (unpaired) electrons. The maximum Gasteiger partial charge on any atom is 0.407 e. The van der Waals surface area contributed by atoms with E-state index in [0.29, 0.717) is 0 Å². The van der Waals surface area contributed by atoms with E-state index in [1.807, 2.05) is 0 Å². The molecule has 0 fully saturated rings. The first-order valence-electron chi connectivity index (χ1n) is 4.92. The number of nitrogens with one attached hydrogen (secondary N) is 1. The maximum atomic E-state index is 11.3. The number of rotatable bonds is 3. The Morgan fingerprint density at radius 3 is 2.07 bits per heavy atom. The minimum Gasteiger partial charge on any atom is -0.444 e. The fourth-order valence-corrected chi connectivity index (χ4v) is 0.865. The van der Waals surface area contributed by atoms with Gasteiger partial charge in [0.05, 0.1) is 5.92 Å². The molecule has 0 saturated carbocycles. The number of carbonyl (C=O) groups is 2. The molecule has 0 saturated heterocycles. The number of nitrogens with two attached hydrogens (primary N) is 1. The lowest BCUT2D eigenvalue weighted by molar-refractivity contribution is -0.121. The van der Waals surface area contributed by atoms with Crippen LogP contribution in [0.4, 0.5) is 4.79 Å². The normalized spacial score (nSPS) is 15.3. The SMILES string of the molecule is C[C@H](NC(=O)OC(C)(C)C)[C@H](C)C(N)=O. The number of amides is 2. The molecule has 0 bridgehead atoms. The van der Waals surface area contributed by atoms with Gasteiger partial charge in [-0.25, -0.2) is 4.79 Å². The van der Waals surface area contributed by atoms with E-state index in [1.165, 1.54) is 0 Å². The first-order chi connectivity index (χ1) is 6.63. The smallest absolute Gasteiger partial charge is 0.407 e. The summed E-state index contributed by atoms with van der Waals surface area (Å²) in [6, 6.07) is -0.336. The molecule has 0 aliphatic rings. The van der Waals surface area contributed by atoms with Crippen molar-refractivity contribution in [2.75, 3.05) is 0 Å². The van der Waals surface area contributed by atoms with Crippen LogP contribution in [0.2, 0.25) is 0 Å². The van der Waals surface area contributed by atoms with Gasteiger partial charge in [0, 0.05) is 6.04 Å². The van der Waals surface area contributed by atoms with E-state index < -0.39 is 23.5 Å². The largest absolute Gasteiger partial charge is 0.444 e. The molecule has 0 aromatic rings. The molecule has 15 heavy (non-hydrogen) atoms. The van der Waals surface area contributed by atoms with Gasteiger partial charge in [0.15, 0.2) is 0 Å². The van der Waals surface area contributed by atoms with Crippen molar-refractivity contribution in [1.82, 2.24) is 5.32 Å². The number of hydrogen-bond donors (Lipinski definition) is 2. The summed E-state index contributed by atoms with van der Waals surface area (Å²) >= 11 is 0. The summed E-state index contributed by atoms with van der Waals surface area (Å²) in [7, 11) is 0. The van der Waals surface area contributed by atoms with E-state index in [9.17, 15) is 9.59 Å². The minimum atomic E-state index is -0.542. The van der Waals surface area contributed by atoms with Crippen LogP contribution in [-0.4, -0.2) is 23.6 Å². The quantitative estimate of drug-likeness (QED) is 0.739. The van der Waals surface area contributed by atoms with Crippen LogP contribution in [-0.2, 0) is 9.53 Å². The van der Waals surface area contributed by atoms with Crippen molar-refractivity contribution in [2.24, 2.45) is 11.7 Å². The van der Waals surface area contributed by atoms with Crippen LogP contribution in [0.1, 0.15) is 34.6 Å². The first kappa shape index (κ1) is 13.7. The van der Waals surface area contributed by atoms with Crippen molar-refractivity contribution < 1.29 is 14.3 Å². The molecule has 0 aromatic carbocycles. The fourth-order valence-electron chi connectivity index (χ4n) is 0.865. The second-order valence-electron chi connectivity index (χ2n) is 4.63. The number of carbonyl (C=O) groups excluding carboxylic acids is 2. The van der Waals surface area contributed by atoms with Gasteiger partial charge in [-0.3, -0.25) is 4.79 Å². The summed E-state index contributed by atoms with van der Waals surface area (Å²) in [5, 5.41) is 2.56. The molecular formula is C10H20N2O3. The van der Waals surface area contributed by atoms with E-state index in [-0.39, 0.29) is 6.04 Å². The van der Waals surface area contributed by atoms with E-state index in [1.54, 1.807) is 34.6 Å². The van der Waals surface area contributed by atoms with E-state index in [2.05, 4.69) is 5.32 Å². The van der Waals surface area contributed by atoms with Crippen molar-refractivity contribution in [3.63, 3.8) is 0 Å². The lowest BCUT2D eigenvalue weighted by Crippen LogP contribution is -2.44. The molecule has 3 N–H and O–H groups in total. The van der Waals surface area contributed by atoms with Gasteiger partial charge in [0.1, 0.15) is 5.60 Å². The minimum absolute atomic E-state index is 0.336. The zero-order valence-corrected chi connectivity index (χ0v) is 9.96. The summed E-state index contributed by atoms with van der Waals surface area (Å²) in [5.74, 6) is -0.865. The fraction of sp³-hybridized carbons (Fsp3) is 0.800. The Hall–Kier alpha value is -1.26. The Morgan fingerprint density at radius 2 is 1.73 bits per heavy atom. The van der Waals surface area contributed by atoms with Crippen LogP contribution in [0.5, 0.6) is 0 Å². The lowest BCUT2D eigenvalue weighted by Gasteiger charge is -2.23. The molecule has 0 spiro atoms. The third-order valence-electron chi connectivity index (χ3n) is 1.94. The lowest BCUT2D eigenvalue weighted by atomic mass is 10.0. The number of alkyl carbamates (subject to hydrolysis) is 1. The molecule has 5 nitrogen and oxygen atoms in total. The molecule has 0 aliphatic heterocycles. The number of ether oxygens (including phenoxy) is 1. The van der Waals surface area contributed by atoms with Gasteiger partial charge >= 0.3 is 6.09 Å². The average Bonchev–Trinajstić information content (AvgIpc) is 1.98. The van der Waals surface area contributed by atoms with Crippen LogP contribution in [0, 0.1) is 5.92 Å². The first-order valence-corrected chi connectivity index (χ1v) is 4.92. The molecule has 0 aliphatic carbocycles. The third kappa shape index (κ3) is 5.93. The zero-order valence-electron chi connectivity index (χ0n) is 9.96. The Balaban J connectivity index is 4.13. The second kappa shape index (κ2) is 5.00. The average molecular weight is 216 g/mol. The van der Waals surface area contributed by atoms with Crippen molar-refractivity contribution in [3.05, 3.63) is 0 Å². The Morgan fingerprint density at radius 1 is 1.27 bits per heavy atom.